The summed E-state index contributed by atoms with van der Waals surface area (Å²) in [4.78, 5) is 14.5. The highest BCUT2D eigenvalue weighted by Gasteiger charge is 2.62. The Labute approximate surface area is 149 Å². The van der Waals surface area contributed by atoms with E-state index in [0.29, 0.717) is 31.7 Å². The molecule has 0 aromatic heterocycles. The molecule has 1 fully saturated rings. The van der Waals surface area contributed by atoms with Crippen molar-refractivity contribution < 1.29 is 13.9 Å². The van der Waals surface area contributed by atoms with Crippen LogP contribution in [0, 0.1) is 11.2 Å². The Balaban J connectivity index is 2.01. The minimum absolute atomic E-state index is 0.00855. The third-order valence-corrected chi connectivity index (χ3v) is 5.28. The van der Waals surface area contributed by atoms with Crippen molar-refractivity contribution in [3.63, 3.8) is 0 Å². The van der Waals surface area contributed by atoms with Gasteiger partial charge < -0.3 is 20.7 Å². The quantitative estimate of drug-likeness (QED) is 0.789. The molecule has 0 radical (unpaired) electrons. The van der Waals surface area contributed by atoms with Crippen molar-refractivity contribution in [3.8, 4) is 0 Å². The summed E-state index contributed by atoms with van der Waals surface area (Å²) in [6.45, 7) is 7.31. The van der Waals surface area contributed by atoms with Crippen LogP contribution in [0.4, 0.5) is 4.39 Å². The number of nitrogens with one attached hydrogen (secondary N) is 1. The lowest BCUT2D eigenvalue weighted by atomic mass is 9.54. The molecule has 1 aliphatic carbocycles. The number of benzene rings is 1. The molecule has 1 amide bonds. The molecule has 0 heterocycles. The Morgan fingerprint density at radius 3 is 2.68 bits per heavy atom. The van der Waals surface area contributed by atoms with Crippen molar-refractivity contribution in [3.05, 3.63) is 35.1 Å². The first kappa shape index (κ1) is 19.8. The molecule has 1 saturated carbocycles. The largest absolute Gasteiger partial charge is 0.378 e. The van der Waals surface area contributed by atoms with Crippen molar-refractivity contribution in [2.75, 3.05) is 20.7 Å². The number of nitrogens with two attached hydrogens (primary N) is 1. The van der Waals surface area contributed by atoms with E-state index in [2.05, 4.69) is 5.32 Å². The van der Waals surface area contributed by atoms with Gasteiger partial charge in [0.2, 0.25) is 5.91 Å². The normalized spacial score (nSPS) is 24.9. The number of hydrogen-bond acceptors (Lipinski definition) is 4. The monoisotopic (exact) mass is 351 g/mol. The summed E-state index contributed by atoms with van der Waals surface area (Å²) in [6, 6.07) is 4.91. The second-order valence-electron chi connectivity index (χ2n) is 7.69. The van der Waals surface area contributed by atoms with Crippen LogP contribution < -0.4 is 11.1 Å². The van der Waals surface area contributed by atoms with Gasteiger partial charge in [0.1, 0.15) is 11.4 Å². The summed E-state index contributed by atoms with van der Waals surface area (Å²) in [5.41, 5.74) is 6.47. The van der Waals surface area contributed by atoms with Gasteiger partial charge in [0.05, 0.1) is 6.10 Å². The Kier molecular flexibility index (Phi) is 5.86. The Morgan fingerprint density at radius 2 is 2.12 bits per heavy atom. The van der Waals surface area contributed by atoms with Crippen LogP contribution in [0.25, 0.3) is 0 Å². The standard InChI is InChI=1S/C19H30FN3O2/c1-6-25-16-10-19(21,18(16,2)3)17(24)22-11-13-7-8-15(20)14(9-13)12-23(4)5/h7-9,16H,6,10-12,21H2,1-5H3,(H,22,24). The molecule has 3 N–H and O–H groups in total. The van der Waals surface area contributed by atoms with Gasteiger partial charge in [0.25, 0.3) is 0 Å². The number of amides is 1. The van der Waals surface area contributed by atoms with Crippen LogP contribution in [-0.2, 0) is 22.6 Å². The lowest BCUT2D eigenvalue weighted by molar-refractivity contribution is -0.170. The first-order chi connectivity index (χ1) is 11.6. The van der Waals surface area contributed by atoms with E-state index in [9.17, 15) is 9.18 Å². The molecule has 1 aromatic carbocycles. The summed E-state index contributed by atoms with van der Waals surface area (Å²) >= 11 is 0. The lowest BCUT2D eigenvalue weighted by Gasteiger charge is -2.57. The number of ether oxygens (including phenoxy) is 1. The van der Waals surface area contributed by atoms with Gasteiger partial charge in [-0.1, -0.05) is 19.9 Å². The van der Waals surface area contributed by atoms with E-state index in [1.54, 1.807) is 12.1 Å². The van der Waals surface area contributed by atoms with Crippen molar-refractivity contribution in [2.45, 2.75) is 51.9 Å². The predicted octanol–water partition coefficient (Wildman–Crippen LogP) is 2.04. The maximum atomic E-state index is 13.9. The zero-order chi connectivity index (χ0) is 18.8. The first-order valence-electron chi connectivity index (χ1n) is 8.72. The van der Waals surface area contributed by atoms with Crippen LogP contribution in [0.1, 0.15) is 38.3 Å². The third-order valence-electron chi connectivity index (χ3n) is 5.28. The van der Waals surface area contributed by atoms with E-state index in [4.69, 9.17) is 10.5 Å². The summed E-state index contributed by atoms with van der Waals surface area (Å²) < 4.78 is 19.5. The number of rotatable bonds is 7. The van der Waals surface area contributed by atoms with E-state index < -0.39 is 11.0 Å². The highest BCUT2D eigenvalue weighted by molar-refractivity contribution is 5.88. The third kappa shape index (κ3) is 3.86. The molecule has 0 aliphatic heterocycles. The van der Waals surface area contributed by atoms with Gasteiger partial charge in [-0.15, -0.1) is 0 Å². The van der Waals surface area contributed by atoms with Crippen LogP contribution in [0.2, 0.25) is 0 Å². The van der Waals surface area contributed by atoms with E-state index in [0.717, 1.165) is 5.56 Å². The van der Waals surface area contributed by atoms with Gasteiger partial charge in [-0.05, 0) is 38.7 Å². The summed E-state index contributed by atoms with van der Waals surface area (Å²) in [6.07, 6.45) is 0.500. The van der Waals surface area contributed by atoms with Crippen molar-refractivity contribution in [1.82, 2.24) is 10.2 Å². The molecule has 0 bridgehead atoms. The number of hydrogen-bond donors (Lipinski definition) is 2. The topological polar surface area (TPSA) is 67.6 Å². The van der Waals surface area contributed by atoms with Crippen molar-refractivity contribution in [1.29, 1.82) is 0 Å². The van der Waals surface area contributed by atoms with Crippen LogP contribution >= 0.6 is 0 Å². The Hall–Kier alpha value is -1.50. The molecule has 0 saturated heterocycles. The van der Waals surface area contributed by atoms with Crippen LogP contribution in [0.15, 0.2) is 18.2 Å². The fourth-order valence-electron chi connectivity index (χ4n) is 3.36. The van der Waals surface area contributed by atoms with E-state index in [1.165, 1.54) is 6.07 Å². The Morgan fingerprint density at radius 1 is 1.44 bits per heavy atom. The average Bonchev–Trinajstić information content (AvgIpc) is 2.54. The van der Waals surface area contributed by atoms with Crippen molar-refractivity contribution in [2.24, 2.45) is 11.1 Å². The molecular formula is C19H30FN3O2. The summed E-state index contributed by atoms with van der Waals surface area (Å²) in [7, 11) is 3.78. The maximum Gasteiger partial charge on any atom is 0.241 e. The highest BCUT2D eigenvalue weighted by atomic mass is 19.1. The minimum atomic E-state index is -0.945. The highest BCUT2D eigenvalue weighted by Crippen LogP contribution is 2.49. The van der Waals surface area contributed by atoms with E-state index >= 15 is 0 Å². The lowest BCUT2D eigenvalue weighted by Crippen LogP contribution is -2.75. The zero-order valence-corrected chi connectivity index (χ0v) is 15.9. The van der Waals surface area contributed by atoms with E-state index in [1.807, 2.05) is 39.8 Å². The molecule has 25 heavy (non-hydrogen) atoms. The second-order valence-corrected chi connectivity index (χ2v) is 7.69. The number of carbonyl (C=O) groups excluding carboxylic acids is 1. The van der Waals surface area contributed by atoms with Gasteiger partial charge in [0.15, 0.2) is 0 Å². The van der Waals surface area contributed by atoms with Gasteiger partial charge in [-0.2, -0.15) is 0 Å². The van der Waals surface area contributed by atoms with Gasteiger partial charge in [-0.3, -0.25) is 4.79 Å². The predicted molar refractivity (Wildman–Crippen MR) is 96.4 cm³/mol. The van der Waals surface area contributed by atoms with Gasteiger partial charge >= 0.3 is 0 Å². The molecule has 2 unspecified atom stereocenters. The number of halogens is 1. The first-order valence-corrected chi connectivity index (χ1v) is 8.72. The molecule has 0 spiro atoms. The van der Waals surface area contributed by atoms with Gasteiger partial charge in [-0.25, -0.2) is 4.39 Å². The zero-order valence-electron chi connectivity index (χ0n) is 15.9. The summed E-state index contributed by atoms with van der Waals surface area (Å²) in [5, 5.41) is 2.90. The van der Waals surface area contributed by atoms with Gasteiger partial charge in [0, 0.05) is 37.1 Å². The Bertz CT molecular complexity index is 633. The average molecular weight is 351 g/mol. The SMILES string of the molecule is CCOC1CC(N)(C(=O)NCc2ccc(F)c(CN(C)C)c2)C1(C)C. The van der Waals surface area contributed by atoms with Crippen molar-refractivity contribution >= 4 is 5.91 Å². The molecule has 140 valence electrons. The minimum Gasteiger partial charge on any atom is -0.378 e. The molecular weight excluding hydrogens is 321 g/mol. The number of carbonyl (C=O) groups is 1. The van der Waals surface area contributed by atoms with Crippen LogP contribution in [-0.4, -0.2) is 43.2 Å². The molecule has 2 atom stereocenters. The molecule has 5 nitrogen and oxygen atoms in total. The number of nitrogens with zero attached hydrogens (tertiary/aromatic N) is 1. The molecule has 2 rings (SSSR count). The fraction of sp³-hybridized carbons (Fsp3) is 0.632. The molecule has 1 aliphatic rings. The fourth-order valence-corrected chi connectivity index (χ4v) is 3.36. The maximum absolute atomic E-state index is 13.9. The summed E-state index contributed by atoms with van der Waals surface area (Å²) in [5.74, 6) is -0.425. The van der Waals surface area contributed by atoms with Crippen LogP contribution in [0.3, 0.4) is 0 Å². The molecule has 6 heteroatoms. The van der Waals surface area contributed by atoms with E-state index in [-0.39, 0.29) is 17.8 Å². The molecule has 1 aromatic rings. The second kappa shape index (κ2) is 7.40. The van der Waals surface area contributed by atoms with Crippen LogP contribution in [0.5, 0.6) is 0 Å². The smallest absolute Gasteiger partial charge is 0.241 e.